The predicted octanol–water partition coefficient (Wildman–Crippen LogP) is 2.79. The molecule has 0 saturated carbocycles. The molecule has 2 aromatic rings. The summed E-state index contributed by atoms with van der Waals surface area (Å²) in [6.07, 6.45) is 4.24. The van der Waals surface area contributed by atoms with Crippen molar-refractivity contribution in [1.29, 1.82) is 0 Å². The largest absolute Gasteiger partial charge is 0.322 e. The van der Waals surface area contributed by atoms with Gasteiger partial charge in [-0.15, -0.1) is 0 Å². The molecule has 0 bridgehead atoms. The van der Waals surface area contributed by atoms with Gasteiger partial charge in [0.15, 0.2) is 0 Å². The van der Waals surface area contributed by atoms with Gasteiger partial charge < -0.3 is 5.73 Å². The van der Waals surface area contributed by atoms with Crippen LogP contribution in [0.4, 0.5) is 0 Å². The van der Waals surface area contributed by atoms with Crippen LogP contribution in [0.3, 0.4) is 0 Å². The summed E-state index contributed by atoms with van der Waals surface area (Å²) in [5.74, 6) is 0. The van der Waals surface area contributed by atoms with E-state index in [4.69, 9.17) is 5.73 Å². The van der Waals surface area contributed by atoms with E-state index in [-0.39, 0.29) is 6.04 Å². The fourth-order valence-electron chi connectivity index (χ4n) is 1.60. The maximum atomic E-state index is 6.12. The molecule has 88 valence electrons. The van der Waals surface area contributed by atoms with Crippen molar-refractivity contribution in [2.75, 3.05) is 0 Å². The second kappa shape index (κ2) is 5.38. The van der Waals surface area contributed by atoms with Gasteiger partial charge in [-0.05, 0) is 25.0 Å². The summed E-state index contributed by atoms with van der Waals surface area (Å²) < 4.78 is 1.08. The van der Waals surface area contributed by atoms with E-state index in [1.165, 1.54) is 5.56 Å². The molecule has 1 aromatic heterocycles. The van der Waals surface area contributed by atoms with Gasteiger partial charge in [-0.3, -0.25) is 9.97 Å². The van der Waals surface area contributed by atoms with Crippen molar-refractivity contribution in [1.82, 2.24) is 9.97 Å². The first-order chi connectivity index (χ1) is 8.16. The quantitative estimate of drug-likeness (QED) is 0.946. The smallest absolute Gasteiger partial charge is 0.0757 e. The molecule has 1 heterocycles. The molecular weight excluding hydrogens is 278 g/mol. The summed E-state index contributed by atoms with van der Waals surface area (Å²) in [6, 6.07) is 7.95. The first kappa shape index (κ1) is 12.2. The van der Waals surface area contributed by atoms with Gasteiger partial charge in [-0.25, -0.2) is 0 Å². The molecule has 1 atom stereocenters. The number of aryl methyl sites for hydroxylation is 1. The molecule has 4 heteroatoms. The van der Waals surface area contributed by atoms with Gasteiger partial charge in [-0.1, -0.05) is 34.1 Å². The molecule has 17 heavy (non-hydrogen) atoms. The van der Waals surface area contributed by atoms with Crippen molar-refractivity contribution in [3.63, 3.8) is 0 Å². The molecule has 1 aromatic carbocycles. The van der Waals surface area contributed by atoms with Crippen LogP contribution in [0.1, 0.15) is 23.0 Å². The molecule has 0 saturated heterocycles. The van der Waals surface area contributed by atoms with Crippen LogP contribution in [0, 0.1) is 6.92 Å². The highest BCUT2D eigenvalue weighted by Crippen LogP contribution is 2.21. The van der Waals surface area contributed by atoms with E-state index < -0.39 is 0 Å². The monoisotopic (exact) mass is 291 g/mol. The summed E-state index contributed by atoms with van der Waals surface area (Å²) in [4.78, 5) is 8.51. The minimum absolute atomic E-state index is 0.123. The van der Waals surface area contributed by atoms with Crippen molar-refractivity contribution >= 4 is 15.9 Å². The molecule has 0 amide bonds. The fourth-order valence-corrected chi connectivity index (χ4v) is 2.05. The zero-order valence-electron chi connectivity index (χ0n) is 9.60. The fraction of sp³-hybridized carbons (Fsp3) is 0.231. The minimum Gasteiger partial charge on any atom is -0.322 e. The SMILES string of the molecule is Cc1cnc(C(N)Cc2ccccc2Br)cn1. The highest BCUT2D eigenvalue weighted by atomic mass is 79.9. The molecule has 1 unspecified atom stereocenters. The van der Waals surface area contributed by atoms with Crippen LogP contribution < -0.4 is 5.73 Å². The van der Waals surface area contributed by atoms with Crippen LogP contribution in [-0.4, -0.2) is 9.97 Å². The first-order valence-corrected chi connectivity index (χ1v) is 6.23. The Hall–Kier alpha value is -1.26. The highest BCUT2D eigenvalue weighted by molar-refractivity contribution is 9.10. The number of hydrogen-bond donors (Lipinski definition) is 1. The van der Waals surface area contributed by atoms with Gasteiger partial charge in [0, 0.05) is 10.7 Å². The van der Waals surface area contributed by atoms with Crippen molar-refractivity contribution < 1.29 is 0 Å². The topological polar surface area (TPSA) is 51.8 Å². The van der Waals surface area contributed by atoms with Gasteiger partial charge in [-0.2, -0.15) is 0 Å². The Balaban J connectivity index is 2.14. The van der Waals surface area contributed by atoms with E-state index in [9.17, 15) is 0 Å². The highest BCUT2D eigenvalue weighted by Gasteiger charge is 2.10. The second-order valence-electron chi connectivity index (χ2n) is 3.98. The van der Waals surface area contributed by atoms with Gasteiger partial charge in [0.25, 0.3) is 0 Å². The average Bonchev–Trinajstić information content (AvgIpc) is 2.33. The lowest BCUT2D eigenvalue weighted by atomic mass is 10.0. The standard InChI is InChI=1S/C13H14BrN3/c1-9-7-17-13(8-16-9)12(15)6-10-4-2-3-5-11(10)14/h2-5,7-8,12H,6,15H2,1H3. The van der Waals surface area contributed by atoms with Gasteiger partial charge in [0.2, 0.25) is 0 Å². The van der Waals surface area contributed by atoms with Crippen molar-refractivity contribution in [2.45, 2.75) is 19.4 Å². The lowest BCUT2D eigenvalue weighted by Crippen LogP contribution is -2.15. The van der Waals surface area contributed by atoms with Crippen LogP contribution in [0.2, 0.25) is 0 Å². The van der Waals surface area contributed by atoms with E-state index in [0.29, 0.717) is 0 Å². The Morgan fingerprint density at radius 3 is 2.65 bits per heavy atom. The Morgan fingerprint density at radius 2 is 2.00 bits per heavy atom. The Bertz CT molecular complexity index is 496. The second-order valence-corrected chi connectivity index (χ2v) is 4.84. The summed E-state index contributed by atoms with van der Waals surface area (Å²) in [6.45, 7) is 1.91. The molecule has 3 nitrogen and oxygen atoms in total. The number of aromatic nitrogens is 2. The molecule has 0 spiro atoms. The average molecular weight is 292 g/mol. The minimum atomic E-state index is -0.123. The number of rotatable bonds is 3. The predicted molar refractivity (Wildman–Crippen MR) is 71.5 cm³/mol. The van der Waals surface area contributed by atoms with Gasteiger partial charge in [0.05, 0.1) is 23.6 Å². The van der Waals surface area contributed by atoms with Crippen LogP contribution >= 0.6 is 15.9 Å². The van der Waals surface area contributed by atoms with Gasteiger partial charge in [0.1, 0.15) is 0 Å². The third-order valence-electron chi connectivity index (χ3n) is 2.58. The van der Waals surface area contributed by atoms with Crippen LogP contribution in [0.25, 0.3) is 0 Å². The lowest BCUT2D eigenvalue weighted by Gasteiger charge is -2.12. The Kier molecular flexibility index (Phi) is 3.86. The summed E-state index contributed by atoms with van der Waals surface area (Å²) in [5, 5.41) is 0. The Labute approximate surface area is 109 Å². The molecule has 0 fully saturated rings. The number of halogens is 1. The first-order valence-electron chi connectivity index (χ1n) is 5.44. The molecule has 2 N–H and O–H groups in total. The summed E-state index contributed by atoms with van der Waals surface area (Å²) >= 11 is 3.52. The maximum absolute atomic E-state index is 6.12. The number of nitrogens with two attached hydrogens (primary N) is 1. The van der Waals surface area contributed by atoms with Crippen molar-refractivity contribution in [3.05, 3.63) is 58.1 Å². The van der Waals surface area contributed by atoms with Crippen LogP contribution in [0.15, 0.2) is 41.1 Å². The molecule has 0 aliphatic rings. The normalized spacial score (nSPS) is 12.4. The third kappa shape index (κ3) is 3.11. The zero-order valence-corrected chi connectivity index (χ0v) is 11.2. The number of benzene rings is 1. The van der Waals surface area contributed by atoms with E-state index in [0.717, 1.165) is 22.3 Å². The molecule has 2 rings (SSSR count). The van der Waals surface area contributed by atoms with Crippen molar-refractivity contribution in [3.8, 4) is 0 Å². The number of nitrogens with zero attached hydrogens (tertiary/aromatic N) is 2. The van der Waals surface area contributed by atoms with E-state index in [2.05, 4.69) is 32.0 Å². The van der Waals surface area contributed by atoms with Crippen LogP contribution in [-0.2, 0) is 6.42 Å². The third-order valence-corrected chi connectivity index (χ3v) is 3.35. The van der Waals surface area contributed by atoms with Gasteiger partial charge >= 0.3 is 0 Å². The summed E-state index contributed by atoms with van der Waals surface area (Å²) in [5.41, 5.74) is 9.04. The molecule has 0 aliphatic heterocycles. The number of hydrogen-bond acceptors (Lipinski definition) is 3. The Morgan fingerprint density at radius 1 is 1.24 bits per heavy atom. The van der Waals surface area contributed by atoms with E-state index in [1.807, 2.05) is 25.1 Å². The molecular formula is C13H14BrN3. The molecule has 0 aliphatic carbocycles. The lowest BCUT2D eigenvalue weighted by molar-refractivity contribution is 0.688. The van der Waals surface area contributed by atoms with E-state index >= 15 is 0 Å². The van der Waals surface area contributed by atoms with E-state index in [1.54, 1.807) is 12.4 Å². The maximum Gasteiger partial charge on any atom is 0.0757 e. The van der Waals surface area contributed by atoms with Crippen LogP contribution in [0.5, 0.6) is 0 Å². The summed E-state index contributed by atoms with van der Waals surface area (Å²) in [7, 11) is 0. The molecule has 0 radical (unpaired) electrons. The zero-order chi connectivity index (χ0) is 12.3. The van der Waals surface area contributed by atoms with Crippen molar-refractivity contribution in [2.24, 2.45) is 5.73 Å².